The number of aryl methyl sites for hydroxylation is 2. The van der Waals surface area contributed by atoms with Gasteiger partial charge in [0.05, 0.1) is 0 Å². The lowest BCUT2D eigenvalue weighted by atomic mass is 10.1. The maximum Gasteiger partial charge on any atom is 0.152 e. The summed E-state index contributed by atoms with van der Waals surface area (Å²) >= 11 is 0. The van der Waals surface area contributed by atoms with E-state index >= 15 is 0 Å². The molecule has 2 aromatic carbocycles. The van der Waals surface area contributed by atoms with Crippen LogP contribution in [0.5, 0.6) is 5.75 Å². The molecule has 21 heavy (non-hydrogen) atoms. The molecule has 0 amide bonds. The van der Waals surface area contributed by atoms with Crippen LogP contribution in [0.25, 0.3) is 6.08 Å². The number of carbonyl (C=O) groups is 1. The van der Waals surface area contributed by atoms with E-state index in [1.165, 1.54) is 11.1 Å². The molecule has 2 aromatic rings. The lowest BCUT2D eigenvalue weighted by Gasteiger charge is -2.10. The number of hydrogen-bond donors (Lipinski definition) is 0. The standard InChI is InChI=1S/C19H20O2/c1-14-6-4-5-7-18(14)13-21-19-11-10-17(15(2)12-19)9-8-16(3)20/h4-12H,13H2,1-3H3/b9-8+. The van der Waals surface area contributed by atoms with Gasteiger partial charge in [-0.2, -0.15) is 0 Å². The molecule has 0 atom stereocenters. The van der Waals surface area contributed by atoms with Gasteiger partial charge in [-0.3, -0.25) is 4.79 Å². The van der Waals surface area contributed by atoms with Gasteiger partial charge in [0.15, 0.2) is 5.78 Å². The van der Waals surface area contributed by atoms with E-state index in [4.69, 9.17) is 4.74 Å². The van der Waals surface area contributed by atoms with Gasteiger partial charge >= 0.3 is 0 Å². The molecule has 0 heterocycles. The van der Waals surface area contributed by atoms with E-state index in [0.29, 0.717) is 6.61 Å². The normalized spacial score (nSPS) is 10.8. The summed E-state index contributed by atoms with van der Waals surface area (Å²) in [6.45, 7) is 6.21. The molecule has 0 fully saturated rings. The summed E-state index contributed by atoms with van der Waals surface area (Å²) in [6, 6.07) is 14.1. The second kappa shape index (κ2) is 6.89. The Balaban J connectivity index is 2.07. The third-order valence-electron chi connectivity index (χ3n) is 3.39. The molecule has 0 aliphatic carbocycles. The highest BCUT2D eigenvalue weighted by molar-refractivity contribution is 5.91. The summed E-state index contributed by atoms with van der Waals surface area (Å²) in [6.07, 6.45) is 3.42. The Morgan fingerprint density at radius 2 is 1.86 bits per heavy atom. The van der Waals surface area contributed by atoms with Crippen molar-refractivity contribution < 1.29 is 9.53 Å². The predicted octanol–water partition coefficient (Wildman–Crippen LogP) is 4.48. The van der Waals surface area contributed by atoms with E-state index in [0.717, 1.165) is 16.9 Å². The van der Waals surface area contributed by atoms with Crippen molar-refractivity contribution in [1.29, 1.82) is 0 Å². The molecule has 0 aromatic heterocycles. The third-order valence-corrected chi connectivity index (χ3v) is 3.39. The molecule has 0 radical (unpaired) electrons. The monoisotopic (exact) mass is 280 g/mol. The van der Waals surface area contributed by atoms with E-state index in [2.05, 4.69) is 19.1 Å². The fourth-order valence-corrected chi connectivity index (χ4v) is 2.07. The summed E-state index contributed by atoms with van der Waals surface area (Å²) < 4.78 is 5.84. The van der Waals surface area contributed by atoms with Crippen molar-refractivity contribution >= 4 is 11.9 Å². The maximum atomic E-state index is 11.0. The van der Waals surface area contributed by atoms with Gasteiger partial charge < -0.3 is 4.74 Å². The highest BCUT2D eigenvalue weighted by Crippen LogP contribution is 2.20. The third kappa shape index (κ3) is 4.32. The number of ketones is 1. The Morgan fingerprint density at radius 1 is 1.10 bits per heavy atom. The van der Waals surface area contributed by atoms with E-state index in [1.807, 2.05) is 43.3 Å². The number of hydrogen-bond acceptors (Lipinski definition) is 2. The van der Waals surface area contributed by atoms with Gasteiger partial charge in [-0.05, 0) is 61.2 Å². The topological polar surface area (TPSA) is 26.3 Å². The minimum atomic E-state index is 0.0503. The lowest BCUT2D eigenvalue weighted by Crippen LogP contribution is -1.98. The van der Waals surface area contributed by atoms with E-state index in [-0.39, 0.29) is 5.78 Å². The summed E-state index contributed by atoms with van der Waals surface area (Å²) in [7, 11) is 0. The summed E-state index contributed by atoms with van der Waals surface area (Å²) in [5.41, 5.74) is 4.55. The molecule has 0 bridgehead atoms. The molecule has 0 unspecified atom stereocenters. The van der Waals surface area contributed by atoms with E-state index in [9.17, 15) is 4.79 Å². The maximum absolute atomic E-state index is 11.0. The zero-order valence-electron chi connectivity index (χ0n) is 12.7. The fraction of sp³-hybridized carbons (Fsp3) is 0.211. The number of benzene rings is 2. The number of rotatable bonds is 5. The Labute approximate surface area is 126 Å². The Morgan fingerprint density at radius 3 is 2.52 bits per heavy atom. The van der Waals surface area contributed by atoms with Crippen LogP contribution in [0.3, 0.4) is 0 Å². The van der Waals surface area contributed by atoms with Gasteiger partial charge in [-0.15, -0.1) is 0 Å². The van der Waals surface area contributed by atoms with Crippen LogP contribution in [0.15, 0.2) is 48.5 Å². The molecule has 2 nitrogen and oxygen atoms in total. The first-order valence-electron chi connectivity index (χ1n) is 7.03. The molecular formula is C19H20O2. The van der Waals surface area contributed by atoms with Crippen molar-refractivity contribution in [2.45, 2.75) is 27.4 Å². The molecule has 2 heteroatoms. The Kier molecular flexibility index (Phi) is 4.94. The highest BCUT2D eigenvalue weighted by atomic mass is 16.5. The largest absolute Gasteiger partial charge is 0.489 e. The van der Waals surface area contributed by atoms with Gasteiger partial charge in [-0.1, -0.05) is 36.4 Å². The van der Waals surface area contributed by atoms with Crippen LogP contribution in [-0.2, 0) is 11.4 Å². The quantitative estimate of drug-likeness (QED) is 0.755. The van der Waals surface area contributed by atoms with Gasteiger partial charge in [0.1, 0.15) is 12.4 Å². The second-order valence-electron chi connectivity index (χ2n) is 5.18. The van der Waals surface area contributed by atoms with Gasteiger partial charge in [0, 0.05) is 0 Å². The van der Waals surface area contributed by atoms with Crippen molar-refractivity contribution in [3.63, 3.8) is 0 Å². The molecule has 0 aliphatic rings. The lowest BCUT2D eigenvalue weighted by molar-refractivity contribution is -0.112. The first kappa shape index (κ1) is 15.0. The number of allylic oxidation sites excluding steroid dienone is 1. The van der Waals surface area contributed by atoms with Crippen LogP contribution in [-0.4, -0.2) is 5.78 Å². The van der Waals surface area contributed by atoms with Crippen LogP contribution >= 0.6 is 0 Å². The van der Waals surface area contributed by atoms with Crippen LogP contribution in [0.1, 0.15) is 29.2 Å². The van der Waals surface area contributed by atoms with Crippen molar-refractivity contribution in [2.75, 3.05) is 0 Å². The zero-order valence-corrected chi connectivity index (χ0v) is 12.7. The van der Waals surface area contributed by atoms with Crippen LogP contribution in [0.2, 0.25) is 0 Å². The molecule has 0 spiro atoms. The number of carbonyl (C=O) groups excluding carboxylic acids is 1. The van der Waals surface area contributed by atoms with Crippen LogP contribution < -0.4 is 4.74 Å². The number of ether oxygens (including phenoxy) is 1. The smallest absolute Gasteiger partial charge is 0.152 e. The van der Waals surface area contributed by atoms with Crippen LogP contribution in [0.4, 0.5) is 0 Å². The van der Waals surface area contributed by atoms with E-state index in [1.54, 1.807) is 13.0 Å². The SMILES string of the molecule is CC(=O)/C=C/c1ccc(OCc2ccccc2C)cc1C. The molecule has 0 saturated heterocycles. The van der Waals surface area contributed by atoms with E-state index < -0.39 is 0 Å². The van der Waals surface area contributed by atoms with Gasteiger partial charge in [0.2, 0.25) is 0 Å². The summed E-state index contributed by atoms with van der Waals surface area (Å²) in [5, 5.41) is 0. The molecule has 108 valence electrons. The summed E-state index contributed by atoms with van der Waals surface area (Å²) in [5.74, 6) is 0.894. The Bertz CT molecular complexity index is 669. The van der Waals surface area contributed by atoms with Crippen molar-refractivity contribution in [1.82, 2.24) is 0 Å². The summed E-state index contributed by atoms with van der Waals surface area (Å²) in [4.78, 5) is 11.0. The average molecular weight is 280 g/mol. The van der Waals surface area contributed by atoms with Gasteiger partial charge in [0.25, 0.3) is 0 Å². The molecule has 0 N–H and O–H groups in total. The molecule has 0 saturated carbocycles. The average Bonchev–Trinajstić information content (AvgIpc) is 2.45. The fourth-order valence-electron chi connectivity index (χ4n) is 2.07. The predicted molar refractivity (Wildman–Crippen MR) is 86.4 cm³/mol. The van der Waals surface area contributed by atoms with Crippen molar-refractivity contribution in [2.24, 2.45) is 0 Å². The van der Waals surface area contributed by atoms with Crippen molar-refractivity contribution in [3.05, 3.63) is 70.8 Å². The molecule has 0 aliphatic heterocycles. The molecular weight excluding hydrogens is 260 g/mol. The first-order valence-corrected chi connectivity index (χ1v) is 7.03. The Hall–Kier alpha value is -2.35. The minimum Gasteiger partial charge on any atom is -0.489 e. The minimum absolute atomic E-state index is 0.0503. The van der Waals surface area contributed by atoms with Crippen molar-refractivity contribution in [3.8, 4) is 5.75 Å². The van der Waals surface area contributed by atoms with Crippen LogP contribution in [0, 0.1) is 13.8 Å². The van der Waals surface area contributed by atoms with Gasteiger partial charge in [-0.25, -0.2) is 0 Å². The molecule has 2 rings (SSSR count). The zero-order chi connectivity index (χ0) is 15.2. The second-order valence-corrected chi connectivity index (χ2v) is 5.18. The first-order chi connectivity index (χ1) is 10.1. The highest BCUT2D eigenvalue weighted by Gasteiger charge is 2.01.